The lowest BCUT2D eigenvalue weighted by atomic mass is 9.85. The maximum Gasteiger partial charge on any atom is 0.408 e. The number of carbonyl (C=O) groups excluding carboxylic acids is 1. The van der Waals surface area contributed by atoms with Crippen LogP contribution in [0.1, 0.15) is 25.2 Å². The molecule has 0 saturated carbocycles. The molecule has 0 fully saturated rings. The molecule has 0 unspecified atom stereocenters. The van der Waals surface area contributed by atoms with Gasteiger partial charge in [-0.15, -0.1) is 0 Å². The van der Waals surface area contributed by atoms with Gasteiger partial charge in [-0.1, -0.05) is 0 Å². The standard InChI is InChI=1S/C20H21F3N6O/c1-19(2)14-10-13(4-5-15(14)27(3)18(19)30)17-25-16(6-8-28-9-7-24-12-28)26-29(17)11-20(21,22)23/h4-5,7,9-10,12H,6,8,11H2,1-3H3. The van der Waals surface area contributed by atoms with E-state index in [1.54, 1.807) is 62.7 Å². The smallest absolute Gasteiger partial charge is 0.337 e. The summed E-state index contributed by atoms with van der Waals surface area (Å²) in [4.78, 5) is 22.4. The Morgan fingerprint density at radius 1 is 1.20 bits per heavy atom. The summed E-state index contributed by atoms with van der Waals surface area (Å²) < 4.78 is 42.1. The Hall–Kier alpha value is -3.17. The van der Waals surface area contributed by atoms with Crippen molar-refractivity contribution in [2.24, 2.45) is 0 Å². The van der Waals surface area contributed by atoms with Gasteiger partial charge in [0.1, 0.15) is 6.54 Å². The number of hydrogen-bond acceptors (Lipinski definition) is 4. The highest BCUT2D eigenvalue weighted by molar-refractivity contribution is 6.07. The number of rotatable bonds is 5. The molecular weight excluding hydrogens is 397 g/mol. The number of benzene rings is 1. The van der Waals surface area contributed by atoms with Crippen LogP contribution in [-0.2, 0) is 29.7 Å². The average Bonchev–Trinajstić information content (AvgIpc) is 3.36. The van der Waals surface area contributed by atoms with Crippen LogP contribution in [0.3, 0.4) is 0 Å². The summed E-state index contributed by atoms with van der Waals surface area (Å²) in [5.74, 6) is 0.386. The van der Waals surface area contributed by atoms with Gasteiger partial charge >= 0.3 is 6.18 Å². The van der Waals surface area contributed by atoms with Crippen LogP contribution in [-0.4, -0.2) is 43.4 Å². The molecule has 0 spiro atoms. The second-order valence-electron chi connectivity index (χ2n) is 7.90. The van der Waals surface area contributed by atoms with Gasteiger partial charge in [-0.25, -0.2) is 14.6 Å². The van der Waals surface area contributed by atoms with Crippen molar-refractivity contribution >= 4 is 11.6 Å². The largest absolute Gasteiger partial charge is 0.408 e. The molecule has 4 rings (SSSR count). The molecular formula is C20H21F3N6O. The molecule has 3 heterocycles. The van der Waals surface area contributed by atoms with Crippen LogP contribution < -0.4 is 4.90 Å². The first-order valence-electron chi connectivity index (χ1n) is 9.45. The quantitative estimate of drug-likeness (QED) is 0.638. The van der Waals surface area contributed by atoms with Gasteiger partial charge in [0.2, 0.25) is 5.91 Å². The highest BCUT2D eigenvalue weighted by Gasteiger charge is 2.42. The predicted molar refractivity (Wildman–Crippen MR) is 104 cm³/mol. The summed E-state index contributed by atoms with van der Waals surface area (Å²) in [7, 11) is 1.69. The van der Waals surface area contributed by atoms with E-state index in [0.29, 0.717) is 24.4 Å². The first kappa shape index (κ1) is 20.1. The van der Waals surface area contributed by atoms with Crippen molar-refractivity contribution < 1.29 is 18.0 Å². The zero-order valence-corrected chi connectivity index (χ0v) is 16.8. The number of aryl methyl sites for hydroxylation is 2. The third-order valence-electron chi connectivity index (χ3n) is 5.33. The molecule has 2 aromatic heterocycles. The van der Waals surface area contributed by atoms with E-state index in [1.807, 2.05) is 4.57 Å². The van der Waals surface area contributed by atoms with Crippen molar-refractivity contribution in [3.8, 4) is 11.4 Å². The fourth-order valence-electron chi connectivity index (χ4n) is 3.75. The molecule has 30 heavy (non-hydrogen) atoms. The number of aromatic nitrogens is 5. The number of likely N-dealkylation sites (N-methyl/N-ethyl adjacent to an activating group) is 1. The van der Waals surface area contributed by atoms with E-state index in [0.717, 1.165) is 15.9 Å². The molecule has 0 saturated heterocycles. The maximum atomic E-state index is 13.1. The van der Waals surface area contributed by atoms with Gasteiger partial charge in [0.25, 0.3) is 0 Å². The second-order valence-corrected chi connectivity index (χ2v) is 7.90. The van der Waals surface area contributed by atoms with Crippen LogP contribution in [0.25, 0.3) is 11.4 Å². The van der Waals surface area contributed by atoms with Crippen molar-refractivity contribution in [2.45, 2.75) is 44.9 Å². The minimum atomic E-state index is -4.43. The molecule has 0 radical (unpaired) electrons. The Balaban J connectivity index is 1.72. The molecule has 0 atom stereocenters. The van der Waals surface area contributed by atoms with Crippen molar-refractivity contribution in [1.82, 2.24) is 24.3 Å². The lowest BCUT2D eigenvalue weighted by Gasteiger charge is -2.16. The van der Waals surface area contributed by atoms with Crippen LogP contribution in [0.5, 0.6) is 0 Å². The van der Waals surface area contributed by atoms with Gasteiger partial charge in [-0.3, -0.25) is 4.79 Å². The maximum absolute atomic E-state index is 13.1. The molecule has 3 aromatic rings. The highest BCUT2D eigenvalue weighted by Crippen LogP contribution is 2.42. The van der Waals surface area contributed by atoms with E-state index >= 15 is 0 Å². The monoisotopic (exact) mass is 418 g/mol. The fourth-order valence-corrected chi connectivity index (χ4v) is 3.75. The number of anilines is 1. The van der Waals surface area contributed by atoms with E-state index in [2.05, 4.69) is 15.1 Å². The number of hydrogen-bond donors (Lipinski definition) is 0. The molecule has 10 heteroatoms. The normalized spacial score (nSPS) is 15.7. The molecule has 158 valence electrons. The first-order chi connectivity index (χ1) is 14.1. The average molecular weight is 418 g/mol. The Bertz CT molecular complexity index is 1080. The molecule has 7 nitrogen and oxygen atoms in total. The summed E-state index contributed by atoms with van der Waals surface area (Å²) >= 11 is 0. The van der Waals surface area contributed by atoms with E-state index in [9.17, 15) is 18.0 Å². The van der Waals surface area contributed by atoms with E-state index in [1.165, 1.54) is 0 Å². The molecule has 0 aliphatic carbocycles. The zero-order chi connectivity index (χ0) is 21.7. The van der Waals surface area contributed by atoms with Crippen molar-refractivity contribution in [1.29, 1.82) is 0 Å². The minimum absolute atomic E-state index is 0.0626. The summed E-state index contributed by atoms with van der Waals surface area (Å²) in [6.07, 6.45) is 0.960. The van der Waals surface area contributed by atoms with Gasteiger partial charge in [0.15, 0.2) is 11.6 Å². The van der Waals surface area contributed by atoms with Crippen molar-refractivity contribution in [2.75, 3.05) is 11.9 Å². The van der Waals surface area contributed by atoms with Gasteiger partial charge in [0, 0.05) is 43.7 Å². The fraction of sp³-hybridized carbons (Fsp3) is 0.400. The third kappa shape index (κ3) is 3.57. The van der Waals surface area contributed by atoms with Crippen molar-refractivity contribution in [3.05, 3.63) is 48.3 Å². The summed E-state index contributed by atoms with van der Waals surface area (Å²) in [5.41, 5.74) is 1.24. The van der Waals surface area contributed by atoms with Gasteiger partial charge in [-0.05, 0) is 37.6 Å². The summed E-state index contributed by atoms with van der Waals surface area (Å²) in [6, 6.07) is 5.17. The number of fused-ring (bicyclic) bond motifs is 1. The lowest BCUT2D eigenvalue weighted by Crippen LogP contribution is -2.33. The topological polar surface area (TPSA) is 68.8 Å². The lowest BCUT2D eigenvalue weighted by molar-refractivity contribution is -0.142. The van der Waals surface area contributed by atoms with Crippen LogP contribution in [0, 0.1) is 0 Å². The predicted octanol–water partition coefficient (Wildman–Crippen LogP) is 3.20. The number of nitrogens with zero attached hydrogens (tertiary/aromatic N) is 6. The van der Waals surface area contributed by atoms with Crippen molar-refractivity contribution in [3.63, 3.8) is 0 Å². The number of carbonyl (C=O) groups is 1. The van der Waals surface area contributed by atoms with Crippen LogP contribution in [0.15, 0.2) is 36.9 Å². The Morgan fingerprint density at radius 3 is 2.63 bits per heavy atom. The molecule has 1 aliphatic heterocycles. The third-order valence-corrected chi connectivity index (χ3v) is 5.33. The number of alkyl halides is 3. The molecule has 1 aliphatic rings. The van der Waals surface area contributed by atoms with Crippen LogP contribution >= 0.6 is 0 Å². The highest BCUT2D eigenvalue weighted by atomic mass is 19.4. The zero-order valence-electron chi connectivity index (χ0n) is 16.8. The number of amides is 1. The van der Waals surface area contributed by atoms with Gasteiger partial charge < -0.3 is 9.47 Å². The Kier molecular flexibility index (Phi) is 4.67. The van der Waals surface area contributed by atoms with Crippen LogP contribution in [0.4, 0.5) is 18.9 Å². The van der Waals surface area contributed by atoms with E-state index < -0.39 is 18.1 Å². The summed E-state index contributed by atoms with van der Waals surface area (Å²) in [6.45, 7) is 2.88. The Morgan fingerprint density at radius 2 is 1.97 bits per heavy atom. The van der Waals surface area contributed by atoms with Gasteiger partial charge in [0.05, 0.1) is 11.7 Å². The SMILES string of the molecule is CN1C(=O)C(C)(C)c2cc(-c3nc(CCn4ccnc4)nn3CC(F)(F)F)ccc21. The molecule has 0 N–H and O–H groups in total. The summed E-state index contributed by atoms with van der Waals surface area (Å²) in [5, 5.41) is 4.11. The molecule has 0 bridgehead atoms. The first-order valence-corrected chi connectivity index (χ1v) is 9.45. The minimum Gasteiger partial charge on any atom is -0.337 e. The van der Waals surface area contributed by atoms with E-state index in [4.69, 9.17) is 0 Å². The van der Waals surface area contributed by atoms with Gasteiger partial charge in [-0.2, -0.15) is 18.3 Å². The van der Waals surface area contributed by atoms with E-state index in [-0.39, 0.29) is 11.7 Å². The second kappa shape index (κ2) is 6.96. The Labute approximate surface area is 171 Å². The molecule has 1 aromatic carbocycles. The molecule has 1 amide bonds. The van der Waals surface area contributed by atoms with Crippen LogP contribution in [0.2, 0.25) is 0 Å². The number of imidazole rings is 1. The number of halogens is 3.